The van der Waals surface area contributed by atoms with Gasteiger partial charge >= 0.3 is 227 Å². The maximum atomic E-state index is 2.62. The van der Waals surface area contributed by atoms with Crippen LogP contribution < -0.4 is 52.8 Å². The number of benzene rings is 3. The van der Waals surface area contributed by atoms with E-state index in [1.807, 2.05) is 0 Å². The number of allylic oxidation sites excluding steroid dienone is 4. The monoisotopic (exact) mass is 616 g/mol. The van der Waals surface area contributed by atoms with Crippen molar-refractivity contribution in [1.82, 2.24) is 0 Å². The maximum absolute atomic E-state index is 2.62. The van der Waals surface area contributed by atoms with Crippen molar-refractivity contribution in [3.63, 3.8) is 0 Å². The molecule has 0 aromatic heterocycles. The Labute approximate surface area is 262 Å². The maximum Gasteiger partial charge on any atom is -1.00 e. The molecule has 3 aromatic rings. The average Bonchev–Trinajstić information content (AvgIpc) is 3.10. The summed E-state index contributed by atoms with van der Waals surface area (Å²) in [5, 5.41) is 4.51. The summed E-state index contributed by atoms with van der Waals surface area (Å²) in [5.41, 5.74) is 9.62. The fourth-order valence-electron chi connectivity index (χ4n) is 6.05. The van der Waals surface area contributed by atoms with Crippen LogP contribution in [-0.2, 0) is 20.4 Å². The summed E-state index contributed by atoms with van der Waals surface area (Å²) in [7, 11) is -2.59. The van der Waals surface area contributed by atoms with Crippen molar-refractivity contribution in [2.75, 3.05) is 0 Å². The average molecular weight is 618 g/mol. The predicted molar refractivity (Wildman–Crippen MR) is 152 cm³/mol. The number of rotatable bonds is 4. The van der Waals surface area contributed by atoms with Gasteiger partial charge < -0.3 is 37.2 Å². The molecule has 0 amide bonds. The minimum absolute atomic E-state index is 0. The molecule has 0 radical (unpaired) electrons. The topological polar surface area (TPSA) is 0 Å². The second-order valence-corrected chi connectivity index (χ2v) is 18.1. The normalized spacial score (nSPS) is 16.8. The quantitative estimate of drug-likeness (QED) is 0.231. The van der Waals surface area contributed by atoms with Gasteiger partial charge in [-0.3, -0.25) is 0 Å². The molecule has 0 bridgehead atoms. The van der Waals surface area contributed by atoms with Gasteiger partial charge in [-0.15, -0.1) is 0 Å². The van der Waals surface area contributed by atoms with Gasteiger partial charge in [0.25, 0.3) is 0 Å². The van der Waals surface area contributed by atoms with Gasteiger partial charge in [-0.25, -0.2) is 0 Å². The van der Waals surface area contributed by atoms with Crippen LogP contribution in [0.2, 0.25) is 3.34 Å². The molecule has 0 aliphatic heterocycles. The van der Waals surface area contributed by atoms with Crippen LogP contribution in [0.25, 0.3) is 0 Å². The molecule has 0 nitrogen and oxygen atoms in total. The van der Waals surface area contributed by atoms with E-state index in [0.717, 1.165) is 0 Å². The zero-order chi connectivity index (χ0) is 25.8. The van der Waals surface area contributed by atoms with E-state index in [-0.39, 0.29) is 46.0 Å². The molecule has 1 atom stereocenters. The van der Waals surface area contributed by atoms with Crippen LogP contribution in [0.5, 0.6) is 0 Å². The van der Waals surface area contributed by atoms with Crippen LogP contribution in [-0.4, -0.2) is 8.07 Å². The minimum atomic E-state index is -2.59. The van der Waals surface area contributed by atoms with E-state index < -0.39 is 8.07 Å². The molecule has 1 aliphatic carbocycles. The van der Waals surface area contributed by atoms with Crippen molar-refractivity contribution in [1.29, 1.82) is 0 Å². The molecule has 4 rings (SSSR count). The molecule has 38 heavy (non-hydrogen) atoms. The van der Waals surface area contributed by atoms with Crippen molar-refractivity contribution >= 4 is 23.6 Å². The Hall–Kier alpha value is -1.06. The van der Waals surface area contributed by atoms with Gasteiger partial charge in [-0.05, 0) is 0 Å². The Morgan fingerprint density at radius 1 is 0.553 bits per heavy atom. The summed E-state index contributed by atoms with van der Waals surface area (Å²) in [5.74, 6) is 0. The summed E-state index contributed by atoms with van der Waals surface area (Å²) in [6, 6.07) is 21.8. The first-order valence-corrected chi connectivity index (χ1v) is 15.5. The van der Waals surface area contributed by atoms with Gasteiger partial charge in [0.05, 0.1) is 0 Å². The largest absolute Gasteiger partial charge is 1.00 e. The first-order valence-electron chi connectivity index (χ1n) is 12.7. The zero-order valence-corrected chi connectivity index (χ0v) is 28.9. The molecule has 0 saturated heterocycles. The van der Waals surface area contributed by atoms with E-state index in [2.05, 4.69) is 156 Å². The van der Waals surface area contributed by atoms with Crippen molar-refractivity contribution in [2.45, 2.75) is 65.7 Å². The Morgan fingerprint density at radius 3 is 1.08 bits per heavy atom. The van der Waals surface area contributed by atoms with Crippen molar-refractivity contribution < 1.29 is 57.7 Å². The molecule has 3 aromatic carbocycles. The molecule has 0 heterocycles. The Bertz CT molecular complexity index is 1180. The van der Waals surface area contributed by atoms with Crippen molar-refractivity contribution in [3.8, 4) is 0 Å². The number of hydrogen-bond acceptors (Lipinski definition) is 0. The summed E-state index contributed by atoms with van der Waals surface area (Å²) in [6.07, 6.45) is 7.56. The van der Waals surface area contributed by atoms with E-state index >= 15 is 0 Å². The third-order valence-corrected chi connectivity index (χ3v) is 14.6. The van der Waals surface area contributed by atoms with Gasteiger partial charge in [-0.2, -0.15) is 0 Å². The van der Waals surface area contributed by atoms with Gasteiger partial charge in [-0.1, -0.05) is 0 Å². The smallest absolute Gasteiger partial charge is 1.00 e. The number of aryl methyl sites for hydroxylation is 6. The fraction of sp³-hybridized carbons (Fsp3) is 0.333. The molecule has 5 heteroatoms. The fourth-order valence-corrected chi connectivity index (χ4v) is 14.3. The molecule has 0 fully saturated rings. The summed E-state index contributed by atoms with van der Waals surface area (Å²) < 4.78 is -0.101. The van der Waals surface area contributed by atoms with Crippen LogP contribution >= 0.6 is 0 Å². The molecular weight excluding hydrogens is 579 g/mol. The van der Waals surface area contributed by atoms with E-state index in [4.69, 9.17) is 0 Å². The molecule has 1 unspecified atom stereocenters. The minimum Gasteiger partial charge on any atom is -1.00 e. The third-order valence-electron chi connectivity index (χ3n) is 7.36. The standard InChI is InChI=1S/C33H39Si.3ClH.Ti/c1-22-12-23(2)16-30(15-22)34(31-17-24(3)13-25(4)18-31,32-19-26(5)14-27(6)20-32)29-11-10-28(21-29)33(7,8)9;;;;/h10-21H,1-9H3;3*1H;/q;;;;+3/p-3. The van der Waals surface area contributed by atoms with Gasteiger partial charge in [0.15, 0.2) is 0 Å². The van der Waals surface area contributed by atoms with Crippen LogP contribution in [0.3, 0.4) is 0 Å². The summed E-state index contributed by atoms with van der Waals surface area (Å²) in [4.78, 5) is 0. The Balaban J connectivity index is 0.00000241. The molecule has 200 valence electrons. The second-order valence-electron chi connectivity index (χ2n) is 11.9. The Morgan fingerprint density at radius 2 is 0.842 bits per heavy atom. The SMILES string of the molecule is Cc1cc(C)cc([Si](c2cc(C)cc(C)c2)(c2cc(C)cc(C)c2)[C]2([Ti+3])C=CC(C(C)(C)C)=C2)c1.[Cl-].[Cl-].[Cl-]. The van der Waals surface area contributed by atoms with Crippen LogP contribution in [0, 0.1) is 47.0 Å². The summed E-state index contributed by atoms with van der Waals surface area (Å²) in [6.45, 7) is 20.5. The van der Waals surface area contributed by atoms with Crippen LogP contribution in [0.1, 0.15) is 54.2 Å². The first-order chi connectivity index (χ1) is 16.2. The van der Waals surface area contributed by atoms with E-state index in [1.54, 1.807) is 0 Å². The van der Waals surface area contributed by atoms with Gasteiger partial charge in [0.1, 0.15) is 0 Å². The first kappa shape index (κ1) is 35.0. The molecular formula is C33H39Cl3SiTi. The van der Waals surface area contributed by atoms with Gasteiger partial charge in [0, 0.05) is 0 Å². The molecule has 0 N–H and O–H groups in total. The predicted octanol–water partition coefficient (Wildman–Crippen LogP) is -2.19. The van der Waals surface area contributed by atoms with E-state index in [1.165, 1.54) is 54.5 Å². The summed E-state index contributed by atoms with van der Waals surface area (Å²) >= 11 is 2.50. The Kier molecular flexibility index (Phi) is 11.6. The van der Waals surface area contributed by atoms with Crippen molar-refractivity contribution in [2.24, 2.45) is 5.41 Å². The molecule has 1 aliphatic rings. The van der Waals surface area contributed by atoms with Gasteiger partial charge in [0.2, 0.25) is 0 Å². The van der Waals surface area contributed by atoms with E-state index in [9.17, 15) is 0 Å². The van der Waals surface area contributed by atoms with Crippen LogP contribution in [0.4, 0.5) is 0 Å². The number of hydrogen-bond donors (Lipinski definition) is 0. The van der Waals surface area contributed by atoms with Crippen LogP contribution in [0.15, 0.2) is 78.4 Å². The van der Waals surface area contributed by atoms with E-state index in [0.29, 0.717) is 0 Å². The second kappa shape index (κ2) is 12.6. The zero-order valence-electron chi connectivity index (χ0n) is 24.1. The van der Waals surface area contributed by atoms with Crippen molar-refractivity contribution in [3.05, 3.63) is 112 Å². The number of halogens is 3. The third kappa shape index (κ3) is 6.46. The molecule has 0 saturated carbocycles. The molecule has 0 spiro atoms.